The quantitative estimate of drug-likeness (QED) is 0.521. The highest BCUT2D eigenvalue weighted by atomic mass is 35.5. The van der Waals surface area contributed by atoms with Crippen molar-refractivity contribution in [1.29, 1.82) is 0 Å². The number of urea groups is 1. The molecular weight excluding hydrogens is 527 g/mol. The molecule has 202 valence electrons. The lowest BCUT2D eigenvalue weighted by Gasteiger charge is -2.42. The number of ether oxygens (including phenoxy) is 1. The van der Waals surface area contributed by atoms with Crippen LogP contribution in [0.3, 0.4) is 0 Å². The molecule has 2 heterocycles. The van der Waals surface area contributed by atoms with Crippen LogP contribution in [0, 0.1) is 6.92 Å². The van der Waals surface area contributed by atoms with Gasteiger partial charge in [-0.25, -0.2) is 9.59 Å². The Hall–Kier alpha value is -3.07. The van der Waals surface area contributed by atoms with Gasteiger partial charge < -0.3 is 15.0 Å². The summed E-state index contributed by atoms with van der Waals surface area (Å²) in [6, 6.07) is 11.4. The molecule has 3 amide bonds. The van der Waals surface area contributed by atoms with Crippen LogP contribution in [0.4, 0.5) is 4.79 Å². The summed E-state index contributed by atoms with van der Waals surface area (Å²) in [5, 5.41) is 3.46. The largest absolute Gasteiger partial charge is 0.463 e. The van der Waals surface area contributed by atoms with Gasteiger partial charge in [0.15, 0.2) is 0 Å². The molecular formula is C28H32Cl2N4O4. The van der Waals surface area contributed by atoms with Crippen LogP contribution < -0.4 is 5.32 Å². The minimum atomic E-state index is -0.819. The third kappa shape index (κ3) is 5.67. The van der Waals surface area contributed by atoms with Gasteiger partial charge in [0.2, 0.25) is 0 Å². The van der Waals surface area contributed by atoms with E-state index in [1.54, 1.807) is 32.2 Å². The number of hydrogen-bond donors (Lipinski definition) is 1. The zero-order valence-electron chi connectivity index (χ0n) is 22.0. The molecule has 1 saturated heterocycles. The first-order valence-corrected chi connectivity index (χ1v) is 13.4. The van der Waals surface area contributed by atoms with Crippen molar-refractivity contribution >= 4 is 41.1 Å². The highest BCUT2D eigenvalue weighted by Crippen LogP contribution is 2.37. The molecule has 0 aliphatic carbocycles. The number of carbonyl (C=O) groups excluding carboxylic acids is 3. The van der Waals surface area contributed by atoms with Crippen molar-refractivity contribution < 1.29 is 19.1 Å². The Balaban J connectivity index is 1.62. The second-order valence-electron chi connectivity index (χ2n) is 9.61. The second-order valence-corrected chi connectivity index (χ2v) is 10.4. The van der Waals surface area contributed by atoms with Crippen LogP contribution in [-0.2, 0) is 9.53 Å². The Kier molecular flexibility index (Phi) is 8.65. The molecule has 8 nitrogen and oxygen atoms in total. The van der Waals surface area contributed by atoms with Crippen LogP contribution in [0.15, 0.2) is 53.7 Å². The summed E-state index contributed by atoms with van der Waals surface area (Å²) in [4.78, 5) is 44.9. The topological polar surface area (TPSA) is 82.2 Å². The molecule has 38 heavy (non-hydrogen) atoms. The van der Waals surface area contributed by atoms with E-state index in [1.807, 2.05) is 43.0 Å². The lowest BCUT2D eigenvalue weighted by molar-refractivity contribution is -0.139. The van der Waals surface area contributed by atoms with Gasteiger partial charge in [-0.15, -0.1) is 0 Å². The molecule has 0 aromatic heterocycles. The van der Waals surface area contributed by atoms with E-state index >= 15 is 0 Å². The summed E-state index contributed by atoms with van der Waals surface area (Å²) < 4.78 is 5.41. The molecule has 2 atom stereocenters. The van der Waals surface area contributed by atoms with Crippen molar-refractivity contribution in [3.63, 3.8) is 0 Å². The molecule has 2 aliphatic heterocycles. The van der Waals surface area contributed by atoms with Crippen LogP contribution in [0.25, 0.3) is 0 Å². The number of rotatable bonds is 6. The summed E-state index contributed by atoms with van der Waals surface area (Å²) in [5.74, 6) is -0.537. The number of nitrogens with zero attached hydrogens (tertiary/aromatic N) is 3. The number of carbonyl (C=O) groups is 3. The third-order valence-corrected chi connectivity index (χ3v) is 7.84. The van der Waals surface area contributed by atoms with E-state index in [0.717, 1.165) is 5.56 Å². The minimum Gasteiger partial charge on any atom is -0.463 e. The number of hydrogen-bond acceptors (Lipinski definition) is 5. The molecule has 0 spiro atoms. The number of amides is 3. The number of likely N-dealkylation sites (N-methyl/N-ethyl adjacent to an activating group) is 1. The molecule has 4 rings (SSSR count). The first-order valence-electron chi connectivity index (χ1n) is 12.6. The monoisotopic (exact) mass is 558 g/mol. The van der Waals surface area contributed by atoms with E-state index < -0.39 is 12.0 Å². The van der Waals surface area contributed by atoms with Gasteiger partial charge in [0.25, 0.3) is 5.91 Å². The first-order chi connectivity index (χ1) is 18.1. The number of benzene rings is 2. The van der Waals surface area contributed by atoms with E-state index in [0.29, 0.717) is 53.6 Å². The predicted molar refractivity (Wildman–Crippen MR) is 147 cm³/mol. The fraction of sp³-hybridized carbons (Fsp3) is 0.393. The Morgan fingerprint density at radius 3 is 2.47 bits per heavy atom. The molecule has 2 aliphatic rings. The maximum Gasteiger partial charge on any atom is 0.338 e. The maximum atomic E-state index is 13.3. The predicted octanol–water partition coefficient (Wildman–Crippen LogP) is 4.66. The van der Waals surface area contributed by atoms with Crippen LogP contribution in [-0.4, -0.2) is 78.5 Å². The average molecular weight is 559 g/mol. The summed E-state index contributed by atoms with van der Waals surface area (Å²) in [5.41, 5.74) is 3.11. The van der Waals surface area contributed by atoms with E-state index in [9.17, 15) is 14.4 Å². The molecule has 1 N–H and O–H groups in total. The van der Waals surface area contributed by atoms with Crippen molar-refractivity contribution in [2.75, 3.05) is 39.8 Å². The van der Waals surface area contributed by atoms with Crippen molar-refractivity contribution in [2.45, 2.75) is 32.9 Å². The van der Waals surface area contributed by atoms with Gasteiger partial charge in [0.05, 0.1) is 28.3 Å². The zero-order chi connectivity index (χ0) is 27.6. The first kappa shape index (κ1) is 28.0. The third-order valence-electron chi connectivity index (χ3n) is 7.01. The Bertz CT molecular complexity index is 1260. The van der Waals surface area contributed by atoms with Crippen molar-refractivity contribution in [3.05, 3.63) is 80.5 Å². The van der Waals surface area contributed by atoms with Crippen molar-refractivity contribution in [3.8, 4) is 0 Å². The number of piperazine rings is 1. The molecule has 2 aromatic rings. The summed E-state index contributed by atoms with van der Waals surface area (Å²) in [6.45, 7) is 7.91. The highest BCUT2D eigenvalue weighted by molar-refractivity contribution is 6.42. The number of nitrogens with one attached hydrogen (secondary N) is 1. The smallest absolute Gasteiger partial charge is 0.338 e. The molecule has 1 fully saturated rings. The maximum absolute atomic E-state index is 13.3. The molecule has 2 aromatic carbocycles. The molecule has 0 radical (unpaired) electrons. The lowest BCUT2D eigenvalue weighted by Crippen LogP contribution is -2.56. The standard InChI is InChI=1S/C28H32Cl2N4O4/c1-5-38-27(36)23-22(32(4)28(37)31-25(23)20-7-6-8-21(29)24(20)30)16-33-13-14-34(18(3)15-33)26(35)19-11-9-17(2)10-12-19/h6-12,18,25H,5,13-16H2,1-4H3,(H,31,37). The van der Waals surface area contributed by atoms with Gasteiger partial charge in [-0.05, 0) is 44.5 Å². The van der Waals surface area contributed by atoms with Gasteiger partial charge in [0.1, 0.15) is 0 Å². The van der Waals surface area contributed by atoms with Gasteiger partial charge in [-0.2, -0.15) is 0 Å². The van der Waals surface area contributed by atoms with Gasteiger partial charge >= 0.3 is 12.0 Å². The Morgan fingerprint density at radius 2 is 1.82 bits per heavy atom. The fourth-order valence-corrected chi connectivity index (χ4v) is 5.34. The molecule has 2 unspecified atom stereocenters. The van der Waals surface area contributed by atoms with E-state index in [4.69, 9.17) is 27.9 Å². The van der Waals surface area contributed by atoms with Gasteiger partial charge in [0, 0.05) is 50.5 Å². The van der Waals surface area contributed by atoms with Crippen LogP contribution in [0.2, 0.25) is 10.0 Å². The van der Waals surface area contributed by atoms with E-state index in [-0.39, 0.29) is 29.6 Å². The van der Waals surface area contributed by atoms with Gasteiger partial charge in [-0.3, -0.25) is 14.6 Å². The van der Waals surface area contributed by atoms with Crippen LogP contribution in [0.5, 0.6) is 0 Å². The lowest BCUT2D eigenvalue weighted by atomic mass is 9.94. The fourth-order valence-electron chi connectivity index (χ4n) is 4.93. The zero-order valence-corrected chi connectivity index (χ0v) is 23.5. The Labute approximate surface area is 233 Å². The summed E-state index contributed by atoms with van der Waals surface area (Å²) >= 11 is 12.8. The summed E-state index contributed by atoms with van der Waals surface area (Å²) in [7, 11) is 1.63. The molecule has 10 heteroatoms. The minimum absolute atomic E-state index is 0.00611. The average Bonchev–Trinajstić information content (AvgIpc) is 2.88. The van der Waals surface area contributed by atoms with Crippen molar-refractivity contribution in [2.24, 2.45) is 0 Å². The molecule has 0 bridgehead atoms. The highest BCUT2D eigenvalue weighted by Gasteiger charge is 2.39. The number of esters is 1. The molecule has 0 saturated carbocycles. The normalized spacial score (nSPS) is 20.4. The second kappa shape index (κ2) is 11.8. The Morgan fingerprint density at radius 1 is 1.11 bits per heavy atom. The number of halogens is 2. The SMILES string of the molecule is CCOC(=O)C1=C(CN2CCN(C(=O)c3ccc(C)cc3)C(C)C2)N(C)C(=O)NC1c1cccc(Cl)c1Cl. The van der Waals surface area contributed by atoms with Crippen LogP contribution in [0.1, 0.15) is 41.4 Å². The number of aryl methyl sites for hydroxylation is 1. The van der Waals surface area contributed by atoms with Crippen LogP contribution >= 0.6 is 23.2 Å². The summed E-state index contributed by atoms with van der Waals surface area (Å²) in [6.07, 6.45) is 0. The van der Waals surface area contributed by atoms with Gasteiger partial charge in [-0.1, -0.05) is 53.0 Å². The van der Waals surface area contributed by atoms with E-state index in [2.05, 4.69) is 10.2 Å². The van der Waals surface area contributed by atoms with Crippen molar-refractivity contribution in [1.82, 2.24) is 20.0 Å². The van der Waals surface area contributed by atoms with E-state index in [1.165, 1.54) is 4.90 Å².